The molecular formula is C14H15N5O. The predicted octanol–water partition coefficient (Wildman–Crippen LogP) is 1.63. The van der Waals surface area contributed by atoms with Crippen LogP contribution >= 0.6 is 0 Å². The molecule has 0 fully saturated rings. The molecule has 1 N–H and O–H groups in total. The lowest BCUT2D eigenvalue weighted by Crippen LogP contribution is -2.39. The molecule has 1 unspecified atom stereocenters. The molecule has 0 bridgehead atoms. The maximum atomic E-state index is 12.0. The van der Waals surface area contributed by atoms with Crippen LogP contribution in [0, 0.1) is 17.2 Å². The van der Waals surface area contributed by atoms with Crippen molar-refractivity contribution >= 4 is 16.9 Å². The highest BCUT2D eigenvalue weighted by molar-refractivity contribution is 5.98. The van der Waals surface area contributed by atoms with Gasteiger partial charge < -0.3 is 9.88 Å². The van der Waals surface area contributed by atoms with Gasteiger partial charge in [0.1, 0.15) is 17.4 Å². The summed E-state index contributed by atoms with van der Waals surface area (Å²) in [6.45, 7) is 4.90. The monoisotopic (exact) mass is 269 g/mol. The molecule has 3 heterocycles. The third kappa shape index (κ3) is 1.92. The van der Waals surface area contributed by atoms with Crippen LogP contribution in [0.4, 0.5) is 0 Å². The second kappa shape index (κ2) is 4.60. The van der Waals surface area contributed by atoms with Crippen LogP contribution in [-0.4, -0.2) is 27.0 Å². The molecule has 1 amide bonds. The van der Waals surface area contributed by atoms with Crippen LogP contribution in [0.5, 0.6) is 0 Å². The summed E-state index contributed by atoms with van der Waals surface area (Å²) in [7, 11) is 0. The van der Waals surface area contributed by atoms with Gasteiger partial charge in [0.05, 0.1) is 6.04 Å². The molecule has 6 nitrogen and oxygen atoms in total. The fourth-order valence-electron chi connectivity index (χ4n) is 2.73. The van der Waals surface area contributed by atoms with E-state index in [1.54, 1.807) is 12.3 Å². The Balaban J connectivity index is 2.21. The lowest BCUT2D eigenvalue weighted by atomic mass is 10.0. The standard InChI is InChI=1S/C14H15N5O/c1-8(2)3-10-7-17-14(20)11-4-9-6-16-12(5-15)18-13(9)19(10)11/h4,6,8,10H,3,7H2,1-2H3,(H,17,20). The minimum Gasteiger partial charge on any atom is -0.349 e. The highest BCUT2D eigenvalue weighted by Gasteiger charge is 2.28. The van der Waals surface area contributed by atoms with E-state index >= 15 is 0 Å². The Morgan fingerprint density at radius 2 is 2.40 bits per heavy atom. The van der Waals surface area contributed by atoms with Gasteiger partial charge in [0, 0.05) is 18.1 Å². The van der Waals surface area contributed by atoms with Crippen molar-refractivity contribution in [1.82, 2.24) is 19.9 Å². The van der Waals surface area contributed by atoms with E-state index in [0.29, 0.717) is 23.8 Å². The van der Waals surface area contributed by atoms with Crippen LogP contribution in [-0.2, 0) is 0 Å². The summed E-state index contributed by atoms with van der Waals surface area (Å²) in [6, 6.07) is 3.90. The van der Waals surface area contributed by atoms with Crippen LogP contribution in [0.2, 0.25) is 0 Å². The number of nitrogens with zero attached hydrogens (tertiary/aromatic N) is 4. The Kier molecular flexibility index (Phi) is 2.90. The van der Waals surface area contributed by atoms with Crippen molar-refractivity contribution in [2.75, 3.05) is 6.54 Å². The maximum absolute atomic E-state index is 12.0. The third-order valence-electron chi connectivity index (χ3n) is 3.52. The van der Waals surface area contributed by atoms with Gasteiger partial charge in [0.25, 0.3) is 5.91 Å². The van der Waals surface area contributed by atoms with Gasteiger partial charge in [-0.1, -0.05) is 13.8 Å². The van der Waals surface area contributed by atoms with Crippen molar-refractivity contribution in [3.05, 3.63) is 23.8 Å². The molecule has 3 rings (SSSR count). The van der Waals surface area contributed by atoms with Gasteiger partial charge in [0.15, 0.2) is 0 Å². The lowest BCUT2D eigenvalue weighted by molar-refractivity contribution is 0.0912. The average molecular weight is 269 g/mol. The molecular weight excluding hydrogens is 254 g/mol. The predicted molar refractivity (Wildman–Crippen MR) is 73.1 cm³/mol. The number of amides is 1. The van der Waals surface area contributed by atoms with E-state index in [0.717, 1.165) is 11.8 Å². The van der Waals surface area contributed by atoms with Crippen molar-refractivity contribution in [2.45, 2.75) is 26.3 Å². The molecule has 1 aliphatic rings. The van der Waals surface area contributed by atoms with Crippen molar-refractivity contribution in [2.24, 2.45) is 5.92 Å². The first kappa shape index (κ1) is 12.6. The molecule has 0 saturated carbocycles. The molecule has 20 heavy (non-hydrogen) atoms. The van der Waals surface area contributed by atoms with Crippen LogP contribution < -0.4 is 5.32 Å². The molecule has 0 aromatic carbocycles. The third-order valence-corrected chi connectivity index (χ3v) is 3.52. The van der Waals surface area contributed by atoms with Gasteiger partial charge in [-0.05, 0) is 18.4 Å². The smallest absolute Gasteiger partial charge is 0.268 e. The molecule has 2 aromatic heterocycles. The normalized spacial score (nSPS) is 17.9. The summed E-state index contributed by atoms with van der Waals surface area (Å²) in [6.07, 6.45) is 2.55. The van der Waals surface area contributed by atoms with E-state index in [1.165, 1.54) is 0 Å². The number of hydrogen-bond acceptors (Lipinski definition) is 4. The van der Waals surface area contributed by atoms with Gasteiger partial charge in [-0.2, -0.15) is 5.26 Å². The van der Waals surface area contributed by atoms with Crippen LogP contribution in [0.1, 0.15) is 42.6 Å². The summed E-state index contributed by atoms with van der Waals surface area (Å²) in [5.41, 5.74) is 1.27. The fraction of sp³-hybridized carbons (Fsp3) is 0.429. The van der Waals surface area contributed by atoms with E-state index in [4.69, 9.17) is 5.26 Å². The lowest BCUT2D eigenvalue weighted by Gasteiger charge is -2.28. The van der Waals surface area contributed by atoms with Crippen molar-refractivity contribution < 1.29 is 4.79 Å². The number of carbonyl (C=O) groups is 1. The highest BCUT2D eigenvalue weighted by Crippen LogP contribution is 2.28. The number of carbonyl (C=O) groups excluding carboxylic acids is 1. The molecule has 2 aromatic rings. The maximum Gasteiger partial charge on any atom is 0.268 e. The van der Waals surface area contributed by atoms with Gasteiger partial charge in [-0.3, -0.25) is 4.79 Å². The molecule has 0 aliphatic carbocycles. The first-order valence-corrected chi connectivity index (χ1v) is 6.66. The first-order valence-electron chi connectivity index (χ1n) is 6.66. The minimum atomic E-state index is -0.0958. The molecule has 102 valence electrons. The molecule has 0 spiro atoms. The SMILES string of the molecule is CC(C)CC1CNC(=O)c2cc3cnc(C#N)nc3n21. The van der Waals surface area contributed by atoms with Gasteiger partial charge in [0.2, 0.25) is 5.82 Å². The second-order valence-electron chi connectivity index (χ2n) is 5.48. The Bertz CT molecular complexity index is 725. The zero-order valence-electron chi connectivity index (χ0n) is 11.4. The van der Waals surface area contributed by atoms with E-state index in [2.05, 4.69) is 29.1 Å². The number of rotatable bonds is 2. The van der Waals surface area contributed by atoms with Crippen LogP contribution in [0.15, 0.2) is 12.3 Å². The number of aromatic nitrogens is 3. The largest absolute Gasteiger partial charge is 0.349 e. The van der Waals surface area contributed by atoms with Gasteiger partial charge >= 0.3 is 0 Å². The van der Waals surface area contributed by atoms with Crippen molar-refractivity contribution in [3.63, 3.8) is 0 Å². The summed E-state index contributed by atoms with van der Waals surface area (Å²) in [5.74, 6) is 0.548. The summed E-state index contributed by atoms with van der Waals surface area (Å²) >= 11 is 0. The topological polar surface area (TPSA) is 83.6 Å². The van der Waals surface area contributed by atoms with E-state index in [-0.39, 0.29) is 17.8 Å². The first-order chi connectivity index (χ1) is 9.60. The average Bonchev–Trinajstić information content (AvgIpc) is 2.81. The second-order valence-corrected chi connectivity index (χ2v) is 5.48. The zero-order chi connectivity index (χ0) is 14.3. The Morgan fingerprint density at radius 3 is 3.10 bits per heavy atom. The van der Waals surface area contributed by atoms with E-state index in [1.807, 2.05) is 10.6 Å². The Morgan fingerprint density at radius 1 is 1.60 bits per heavy atom. The van der Waals surface area contributed by atoms with Crippen molar-refractivity contribution in [3.8, 4) is 6.07 Å². The van der Waals surface area contributed by atoms with Crippen LogP contribution in [0.3, 0.4) is 0 Å². The summed E-state index contributed by atoms with van der Waals surface area (Å²) in [4.78, 5) is 20.2. The number of fused-ring (bicyclic) bond motifs is 3. The number of nitriles is 1. The number of nitrogens with one attached hydrogen (secondary N) is 1. The van der Waals surface area contributed by atoms with Crippen molar-refractivity contribution in [1.29, 1.82) is 5.26 Å². The Hall–Kier alpha value is -2.42. The molecule has 0 saturated heterocycles. The minimum absolute atomic E-state index is 0.0958. The number of hydrogen-bond donors (Lipinski definition) is 1. The summed E-state index contributed by atoms with van der Waals surface area (Å²) < 4.78 is 1.96. The van der Waals surface area contributed by atoms with E-state index < -0.39 is 0 Å². The van der Waals surface area contributed by atoms with Gasteiger partial charge in [-0.25, -0.2) is 9.97 Å². The fourth-order valence-corrected chi connectivity index (χ4v) is 2.73. The zero-order valence-corrected chi connectivity index (χ0v) is 11.4. The van der Waals surface area contributed by atoms with Crippen LogP contribution in [0.25, 0.3) is 11.0 Å². The molecule has 0 radical (unpaired) electrons. The van der Waals surface area contributed by atoms with E-state index in [9.17, 15) is 4.79 Å². The van der Waals surface area contributed by atoms with Gasteiger partial charge in [-0.15, -0.1) is 0 Å². The molecule has 1 aliphatic heterocycles. The molecule has 6 heteroatoms. The highest BCUT2D eigenvalue weighted by atomic mass is 16.2. The summed E-state index contributed by atoms with van der Waals surface area (Å²) in [5, 5.41) is 12.6. The quantitative estimate of drug-likeness (QED) is 0.898. The Labute approximate surface area is 116 Å². The molecule has 1 atom stereocenters.